The lowest BCUT2D eigenvalue weighted by Gasteiger charge is -2.35. The highest BCUT2D eigenvalue weighted by atomic mass is 16.7. The Morgan fingerprint density at radius 3 is 2.36 bits per heavy atom. The highest BCUT2D eigenvalue weighted by Crippen LogP contribution is 2.37. The van der Waals surface area contributed by atoms with Crippen LogP contribution in [0.4, 0.5) is 10.5 Å². The van der Waals surface area contributed by atoms with Gasteiger partial charge in [-0.05, 0) is 38.8 Å². The molecule has 8 nitrogen and oxygen atoms in total. The predicted octanol–water partition coefficient (Wildman–Crippen LogP) is 2.47. The summed E-state index contributed by atoms with van der Waals surface area (Å²) in [6, 6.07) is 3.73. The van der Waals surface area contributed by atoms with Crippen molar-refractivity contribution in [1.82, 2.24) is 9.80 Å². The van der Waals surface area contributed by atoms with E-state index in [9.17, 15) is 9.59 Å². The van der Waals surface area contributed by atoms with Gasteiger partial charge in [0, 0.05) is 37.9 Å². The lowest BCUT2D eigenvalue weighted by atomic mass is 10.1. The number of amides is 2. The molecule has 2 heterocycles. The third kappa shape index (κ3) is 5.07. The van der Waals surface area contributed by atoms with Gasteiger partial charge in [0.25, 0.3) is 0 Å². The Morgan fingerprint density at radius 1 is 1.11 bits per heavy atom. The van der Waals surface area contributed by atoms with Gasteiger partial charge >= 0.3 is 6.09 Å². The van der Waals surface area contributed by atoms with E-state index in [0.29, 0.717) is 37.7 Å². The fourth-order valence-corrected chi connectivity index (χ4v) is 3.20. The van der Waals surface area contributed by atoms with Gasteiger partial charge in [0.1, 0.15) is 5.60 Å². The third-order valence-electron chi connectivity index (χ3n) is 4.64. The van der Waals surface area contributed by atoms with E-state index in [0.717, 1.165) is 17.7 Å². The van der Waals surface area contributed by atoms with Gasteiger partial charge in [-0.3, -0.25) is 9.69 Å². The molecule has 0 atom stereocenters. The van der Waals surface area contributed by atoms with Crippen LogP contribution in [-0.2, 0) is 16.0 Å². The number of aryl methyl sites for hydroxylation is 1. The van der Waals surface area contributed by atoms with Crippen molar-refractivity contribution in [3.63, 3.8) is 0 Å². The van der Waals surface area contributed by atoms with Crippen molar-refractivity contribution >= 4 is 17.7 Å². The zero-order chi connectivity index (χ0) is 20.3. The second-order valence-electron chi connectivity index (χ2n) is 8.01. The van der Waals surface area contributed by atoms with Crippen LogP contribution in [0.5, 0.6) is 11.5 Å². The van der Waals surface area contributed by atoms with Gasteiger partial charge in [0.15, 0.2) is 11.5 Å². The molecular weight excluding hydrogens is 362 g/mol. The number of hydrogen-bond donors (Lipinski definition) is 1. The zero-order valence-corrected chi connectivity index (χ0v) is 17.0. The highest BCUT2D eigenvalue weighted by molar-refractivity contribution is 5.93. The first-order valence-electron chi connectivity index (χ1n) is 9.68. The average molecular weight is 391 g/mol. The van der Waals surface area contributed by atoms with E-state index < -0.39 is 5.60 Å². The van der Waals surface area contributed by atoms with Crippen molar-refractivity contribution in [3.8, 4) is 11.5 Å². The molecule has 154 valence electrons. The predicted molar refractivity (Wildman–Crippen MR) is 105 cm³/mol. The Balaban J connectivity index is 1.51. The molecule has 1 aromatic carbocycles. The van der Waals surface area contributed by atoms with Crippen molar-refractivity contribution < 1.29 is 23.8 Å². The first-order chi connectivity index (χ1) is 13.2. The summed E-state index contributed by atoms with van der Waals surface area (Å²) < 4.78 is 16.2. The SMILES string of the molecule is CCc1cc2c(cc1NC(=O)CN1CCN(C(=O)OC(C)(C)C)CC1)OCO2. The summed E-state index contributed by atoms with van der Waals surface area (Å²) in [5.74, 6) is 1.28. The summed E-state index contributed by atoms with van der Waals surface area (Å²) in [7, 11) is 0. The summed E-state index contributed by atoms with van der Waals surface area (Å²) in [6.45, 7) is 10.4. The van der Waals surface area contributed by atoms with E-state index in [1.165, 1.54) is 0 Å². The Labute approximate surface area is 165 Å². The van der Waals surface area contributed by atoms with Gasteiger partial charge in [0.05, 0.1) is 6.54 Å². The van der Waals surface area contributed by atoms with Gasteiger partial charge in [-0.2, -0.15) is 0 Å². The van der Waals surface area contributed by atoms with Crippen molar-refractivity contribution in [2.24, 2.45) is 0 Å². The van der Waals surface area contributed by atoms with E-state index in [2.05, 4.69) is 5.32 Å². The maximum absolute atomic E-state index is 12.5. The molecule has 0 aliphatic carbocycles. The summed E-state index contributed by atoms with van der Waals surface area (Å²) in [5, 5.41) is 2.98. The largest absolute Gasteiger partial charge is 0.454 e. The van der Waals surface area contributed by atoms with Crippen LogP contribution in [0.1, 0.15) is 33.3 Å². The number of nitrogens with one attached hydrogen (secondary N) is 1. The standard InChI is InChI=1S/C20H29N3O5/c1-5-14-10-16-17(27-13-26-16)11-15(14)21-18(24)12-22-6-8-23(9-7-22)19(25)28-20(2,3)4/h10-11H,5-9,12-13H2,1-4H3,(H,21,24). The fourth-order valence-electron chi connectivity index (χ4n) is 3.20. The maximum Gasteiger partial charge on any atom is 0.410 e. The minimum absolute atomic E-state index is 0.0840. The van der Waals surface area contributed by atoms with Crippen LogP contribution in [-0.4, -0.2) is 66.9 Å². The molecule has 0 unspecified atom stereocenters. The Bertz CT molecular complexity index is 736. The summed E-state index contributed by atoms with van der Waals surface area (Å²) in [6.07, 6.45) is 0.477. The molecule has 0 aromatic heterocycles. The van der Waals surface area contributed by atoms with Gasteiger partial charge in [-0.1, -0.05) is 6.92 Å². The minimum atomic E-state index is -0.504. The van der Waals surface area contributed by atoms with Crippen molar-refractivity contribution in [2.75, 3.05) is 44.8 Å². The van der Waals surface area contributed by atoms with Crippen molar-refractivity contribution in [3.05, 3.63) is 17.7 Å². The number of nitrogens with zero attached hydrogens (tertiary/aromatic N) is 2. The number of rotatable bonds is 4. The quantitative estimate of drug-likeness (QED) is 0.849. The summed E-state index contributed by atoms with van der Waals surface area (Å²) in [5.41, 5.74) is 1.26. The summed E-state index contributed by atoms with van der Waals surface area (Å²) in [4.78, 5) is 28.4. The first kappa shape index (κ1) is 20.3. The van der Waals surface area contributed by atoms with Crippen LogP contribution in [0, 0.1) is 0 Å². The lowest BCUT2D eigenvalue weighted by Crippen LogP contribution is -2.51. The molecule has 28 heavy (non-hydrogen) atoms. The van der Waals surface area contributed by atoms with E-state index in [-0.39, 0.29) is 25.3 Å². The fraction of sp³-hybridized carbons (Fsp3) is 0.600. The van der Waals surface area contributed by atoms with Crippen LogP contribution in [0.3, 0.4) is 0 Å². The number of carbonyl (C=O) groups excluding carboxylic acids is 2. The molecule has 0 spiro atoms. The van der Waals surface area contributed by atoms with Gasteiger partial charge < -0.3 is 24.4 Å². The number of benzene rings is 1. The van der Waals surface area contributed by atoms with Gasteiger partial charge in [-0.25, -0.2) is 4.79 Å². The Kier molecular flexibility index (Phi) is 5.98. The number of piperazine rings is 1. The normalized spacial score (nSPS) is 16.8. The number of ether oxygens (including phenoxy) is 3. The minimum Gasteiger partial charge on any atom is -0.454 e. The van der Waals surface area contributed by atoms with Crippen LogP contribution in [0.25, 0.3) is 0 Å². The van der Waals surface area contributed by atoms with Gasteiger partial charge in [-0.15, -0.1) is 0 Å². The number of fused-ring (bicyclic) bond motifs is 1. The topological polar surface area (TPSA) is 80.3 Å². The highest BCUT2D eigenvalue weighted by Gasteiger charge is 2.26. The third-order valence-corrected chi connectivity index (χ3v) is 4.64. The monoisotopic (exact) mass is 391 g/mol. The van der Waals surface area contributed by atoms with Crippen LogP contribution in [0.15, 0.2) is 12.1 Å². The Morgan fingerprint density at radius 2 is 1.75 bits per heavy atom. The van der Waals surface area contributed by atoms with Gasteiger partial charge in [0.2, 0.25) is 12.7 Å². The molecule has 2 aliphatic heterocycles. The molecule has 2 amide bonds. The molecule has 0 bridgehead atoms. The van der Waals surface area contributed by atoms with Crippen LogP contribution < -0.4 is 14.8 Å². The van der Waals surface area contributed by atoms with E-state index in [1.54, 1.807) is 4.90 Å². The van der Waals surface area contributed by atoms with Crippen molar-refractivity contribution in [2.45, 2.75) is 39.7 Å². The molecule has 3 rings (SSSR count). The van der Waals surface area contributed by atoms with Crippen LogP contribution >= 0.6 is 0 Å². The second-order valence-corrected chi connectivity index (χ2v) is 8.01. The molecular formula is C20H29N3O5. The molecule has 1 N–H and O–H groups in total. The van der Waals surface area contributed by atoms with E-state index in [1.807, 2.05) is 44.7 Å². The smallest absolute Gasteiger partial charge is 0.410 e. The molecule has 2 aliphatic rings. The molecule has 1 fully saturated rings. The number of carbonyl (C=O) groups is 2. The zero-order valence-electron chi connectivity index (χ0n) is 17.0. The number of hydrogen-bond acceptors (Lipinski definition) is 6. The maximum atomic E-state index is 12.5. The lowest BCUT2D eigenvalue weighted by molar-refractivity contribution is -0.117. The van der Waals surface area contributed by atoms with Crippen LogP contribution in [0.2, 0.25) is 0 Å². The summed E-state index contributed by atoms with van der Waals surface area (Å²) >= 11 is 0. The molecule has 8 heteroatoms. The molecule has 1 aromatic rings. The molecule has 1 saturated heterocycles. The average Bonchev–Trinajstić information content (AvgIpc) is 3.07. The molecule has 0 saturated carbocycles. The second kappa shape index (κ2) is 8.26. The van der Waals surface area contributed by atoms with E-state index in [4.69, 9.17) is 14.2 Å². The van der Waals surface area contributed by atoms with E-state index >= 15 is 0 Å². The number of anilines is 1. The Hall–Kier alpha value is -2.48. The molecule has 0 radical (unpaired) electrons. The van der Waals surface area contributed by atoms with Crippen molar-refractivity contribution in [1.29, 1.82) is 0 Å². The first-order valence-corrected chi connectivity index (χ1v) is 9.68.